The van der Waals surface area contributed by atoms with Crippen molar-refractivity contribution in [2.24, 2.45) is 0 Å². The quantitative estimate of drug-likeness (QED) is 0.641. The van der Waals surface area contributed by atoms with E-state index >= 15 is 0 Å². The summed E-state index contributed by atoms with van der Waals surface area (Å²) in [5, 5.41) is 8.79. The van der Waals surface area contributed by atoms with Crippen molar-refractivity contribution < 1.29 is 36.3 Å². The number of carbonyl (C=O) groups excluding carboxylic acids is 1. The maximum Gasteiger partial charge on any atom is 0.416 e. The van der Waals surface area contributed by atoms with Gasteiger partial charge in [-0.25, -0.2) is 8.42 Å². The molecule has 0 spiro atoms. The van der Waals surface area contributed by atoms with Crippen LogP contribution < -0.4 is 9.80 Å². The van der Waals surface area contributed by atoms with E-state index in [1.165, 1.54) is 27.4 Å². The van der Waals surface area contributed by atoms with E-state index in [4.69, 9.17) is 5.11 Å². The molecule has 2 heterocycles. The van der Waals surface area contributed by atoms with Crippen LogP contribution in [0.5, 0.6) is 0 Å². The summed E-state index contributed by atoms with van der Waals surface area (Å²) in [6, 6.07) is 9.50. The maximum absolute atomic E-state index is 13.2. The number of carboxylic acid groups (broad SMARTS) is 1. The van der Waals surface area contributed by atoms with Gasteiger partial charge in [-0.2, -0.15) is 17.5 Å². The van der Waals surface area contributed by atoms with Gasteiger partial charge in [0, 0.05) is 50.5 Å². The Balaban J connectivity index is 1.44. The lowest BCUT2D eigenvalue weighted by Gasteiger charge is -2.35. The standard InChI is InChI=1S/C23H24F3N3O5S/c24-23(25,26)17-2-1-3-18(15-17)27-10-12-28(13-11-27)35(33,34)19-4-5-20-16(14-19)8-9-29(20)21(30)6-7-22(31)32/h1-5,14-15H,6-13H2,(H,31,32). The van der Waals surface area contributed by atoms with Crippen LogP contribution in [0.4, 0.5) is 24.5 Å². The molecule has 1 amide bonds. The number of carbonyl (C=O) groups is 2. The number of carboxylic acids is 1. The smallest absolute Gasteiger partial charge is 0.416 e. The normalized spacial score (nSPS) is 16.9. The average Bonchev–Trinajstić information content (AvgIpc) is 3.25. The molecule has 35 heavy (non-hydrogen) atoms. The van der Waals surface area contributed by atoms with E-state index in [-0.39, 0.29) is 49.8 Å². The van der Waals surface area contributed by atoms with Crippen molar-refractivity contribution in [3.05, 3.63) is 53.6 Å². The minimum Gasteiger partial charge on any atom is -0.481 e. The van der Waals surface area contributed by atoms with Crippen LogP contribution in [0.15, 0.2) is 47.4 Å². The number of anilines is 2. The molecule has 1 N–H and O–H groups in total. The van der Waals surface area contributed by atoms with E-state index in [9.17, 15) is 31.2 Å². The molecule has 0 aromatic heterocycles. The van der Waals surface area contributed by atoms with Gasteiger partial charge >= 0.3 is 12.1 Å². The second kappa shape index (κ2) is 9.50. The van der Waals surface area contributed by atoms with Crippen LogP contribution in [-0.4, -0.2) is 62.4 Å². The third kappa shape index (κ3) is 5.27. The maximum atomic E-state index is 13.2. The summed E-state index contributed by atoms with van der Waals surface area (Å²) >= 11 is 0. The van der Waals surface area contributed by atoms with Gasteiger partial charge in [-0.05, 0) is 48.4 Å². The van der Waals surface area contributed by atoms with Crippen molar-refractivity contribution in [3.63, 3.8) is 0 Å². The number of benzene rings is 2. The lowest BCUT2D eigenvalue weighted by atomic mass is 10.1. The van der Waals surface area contributed by atoms with Crippen LogP contribution in [0.2, 0.25) is 0 Å². The molecule has 0 bridgehead atoms. The number of piperazine rings is 1. The summed E-state index contributed by atoms with van der Waals surface area (Å²) in [6.07, 6.45) is -4.40. The Hall–Kier alpha value is -3.12. The molecule has 4 rings (SSSR count). The summed E-state index contributed by atoms with van der Waals surface area (Å²) in [5.41, 5.74) is 0.909. The Morgan fingerprint density at radius 1 is 0.943 bits per heavy atom. The molecule has 1 saturated heterocycles. The number of nitrogens with zero attached hydrogens (tertiary/aromatic N) is 3. The predicted molar refractivity (Wildman–Crippen MR) is 122 cm³/mol. The third-order valence-corrected chi connectivity index (χ3v) is 8.11. The Morgan fingerprint density at radius 2 is 1.66 bits per heavy atom. The predicted octanol–water partition coefficient (Wildman–Crippen LogP) is 2.97. The number of hydrogen-bond donors (Lipinski definition) is 1. The van der Waals surface area contributed by atoms with Gasteiger partial charge in [0.2, 0.25) is 15.9 Å². The summed E-state index contributed by atoms with van der Waals surface area (Å²) < 4.78 is 66.8. The van der Waals surface area contributed by atoms with Gasteiger partial charge in [-0.3, -0.25) is 9.59 Å². The number of hydrogen-bond acceptors (Lipinski definition) is 5. The molecule has 1 fully saturated rings. The molecule has 12 heteroatoms. The highest BCUT2D eigenvalue weighted by Gasteiger charge is 2.33. The van der Waals surface area contributed by atoms with Gasteiger partial charge in [-0.1, -0.05) is 6.07 Å². The lowest BCUT2D eigenvalue weighted by Crippen LogP contribution is -2.48. The van der Waals surface area contributed by atoms with E-state index in [1.54, 1.807) is 17.0 Å². The topological polar surface area (TPSA) is 98.2 Å². The number of amides is 1. The van der Waals surface area contributed by atoms with E-state index < -0.39 is 27.7 Å². The minimum atomic E-state index is -4.45. The SMILES string of the molecule is O=C(O)CCC(=O)N1CCc2cc(S(=O)(=O)N3CCN(c4cccc(C(F)(F)F)c4)CC3)ccc21. The van der Waals surface area contributed by atoms with Crippen molar-refractivity contribution in [1.29, 1.82) is 0 Å². The third-order valence-electron chi connectivity index (χ3n) is 6.22. The minimum absolute atomic E-state index is 0.0867. The van der Waals surface area contributed by atoms with Crippen molar-refractivity contribution >= 4 is 33.3 Å². The zero-order valence-corrected chi connectivity index (χ0v) is 19.5. The summed E-state index contributed by atoms with van der Waals surface area (Å²) in [7, 11) is -3.83. The van der Waals surface area contributed by atoms with Gasteiger partial charge in [-0.15, -0.1) is 0 Å². The molecular weight excluding hydrogens is 487 g/mol. The number of aliphatic carboxylic acids is 1. The van der Waals surface area contributed by atoms with Crippen LogP contribution in [0.25, 0.3) is 0 Å². The van der Waals surface area contributed by atoms with Crippen LogP contribution >= 0.6 is 0 Å². The second-order valence-corrected chi connectivity index (χ2v) is 10.4. The Kier molecular flexibility index (Phi) is 6.78. The number of rotatable bonds is 6. The van der Waals surface area contributed by atoms with Crippen molar-refractivity contribution in [3.8, 4) is 0 Å². The molecule has 0 aliphatic carbocycles. The molecule has 188 valence electrons. The van der Waals surface area contributed by atoms with Crippen molar-refractivity contribution in [1.82, 2.24) is 4.31 Å². The number of alkyl halides is 3. The zero-order valence-electron chi connectivity index (χ0n) is 18.7. The summed E-state index contributed by atoms with van der Waals surface area (Å²) in [4.78, 5) is 26.4. The lowest BCUT2D eigenvalue weighted by molar-refractivity contribution is -0.138. The van der Waals surface area contributed by atoms with E-state index in [1.807, 2.05) is 0 Å². The molecule has 0 saturated carbocycles. The molecule has 2 aliphatic rings. The van der Waals surface area contributed by atoms with Crippen molar-refractivity contribution in [2.45, 2.75) is 30.3 Å². The molecule has 0 atom stereocenters. The first-order valence-electron chi connectivity index (χ1n) is 11.0. The summed E-state index contributed by atoms with van der Waals surface area (Å²) in [5.74, 6) is -1.39. The number of sulfonamides is 1. The monoisotopic (exact) mass is 511 g/mol. The zero-order chi connectivity index (χ0) is 25.4. The Bertz CT molecular complexity index is 1240. The number of halogens is 3. The van der Waals surface area contributed by atoms with Gasteiger partial charge in [0.1, 0.15) is 0 Å². The molecule has 0 unspecified atom stereocenters. The van der Waals surface area contributed by atoms with E-state index in [2.05, 4.69) is 0 Å². The van der Waals surface area contributed by atoms with Gasteiger partial charge in [0.15, 0.2) is 0 Å². The van der Waals surface area contributed by atoms with Crippen molar-refractivity contribution in [2.75, 3.05) is 42.5 Å². The highest BCUT2D eigenvalue weighted by molar-refractivity contribution is 7.89. The first-order valence-corrected chi connectivity index (χ1v) is 12.5. The van der Waals surface area contributed by atoms with E-state index in [0.29, 0.717) is 29.9 Å². The van der Waals surface area contributed by atoms with Gasteiger partial charge < -0.3 is 14.9 Å². The first-order chi connectivity index (χ1) is 16.5. The fraction of sp³-hybridized carbons (Fsp3) is 0.391. The Labute approximate surface area is 200 Å². The highest BCUT2D eigenvalue weighted by Crippen LogP contribution is 2.34. The Morgan fingerprint density at radius 3 is 2.31 bits per heavy atom. The fourth-order valence-electron chi connectivity index (χ4n) is 4.36. The molecule has 2 aromatic rings. The molecule has 0 radical (unpaired) electrons. The van der Waals surface area contributed by atoms with Crippen LogP contribution in [0.1, 0.15) is 24.0 Å². The first kappa shape index (κ1) is 25.0. The summed E-state index contributed by atoms with van der Waals surface area (Å²) in [6.45, 7) is 1.09. The fourth-order valence-corrected chi connectivity index (χ4v) is 5.83. The van der Waals surface area contributed by atoms with Crippen LogP contribution in [0.3, 0.4) is 0 Å². The number of fused-ring (bicyclic) bond motifs is 1. The van der Waals surface area contributed by atoms with Gasteiger partial charge in [0.05, 0.1) is 16.9 Å². The average molecular weight is 512 g/mol. The van der Waals surface area contributed by atoms with Crippen LogP contribution in [0, 0.1) is 0 Å². The second-order valence-electron chi connectivity index (χ2n) is 8.42. The highest BCUT2D eigenvalue weighted by atomic mass is 32.2. The van der Waals surface area contributed by atoms with E-state index in [0.717, 1.165) is 12.1 Å². The molecule has 2 aromatic carbocycles. The molecule has 2 aliphatic heterocycles. The molecular formula is C23H24F3N3O5S. The van der Waals surface area contributed by atoms with Gasteiger partial charge in [0.25, 0.3) is 0 Å². The van der Waals surface area contributed by atoms with Crippen LogP contribution in [-0.2, 0) is 32.2 Å². The largest absolute Gasteiger partial charge is 0.481 e. The molecule has 8 nitrogen and oxygen atoms in total.